The molecule has 0 aliphatic carbocycles. The Morgan fingerprint density at radius 3 is 2.30 bits per heavy atom. The van der Waals surface area contributed by atoms with Gasteiger partial charge in [-0.1, -0.05) is 45.1 Å². The zero-order valence-electron chi connectivity index (χ0n) is 19.4. The quantitative estimate of drug-likeness (QED) is 0.620. The van der Waals surface area contributed by atoms with Crippen LogP contribution in [-0.2, 0) is 20.2 Å². The minimum atomic E-state index is -3.35. The molecule has 1 saturated heterocycles. The van der Waals surface area contributed by atoms with Crippen molar-refractivity contribution in [3.63, 3.8) is 0 Å². The number of benzene rings is 2. The minimum Gasteiger partial charge on any atom is -0.496 e. The van der Waals surface area contributed by atoms with Gasteiger partial charge in [-0.15, -0.1) is 0 Å². The van der Waals surface area contributed by atoms with Crippen LogP contribution in [0.5, 0.6) is 5.75 Å². The predicted octanol–water partition coefficient (Wildman–Crippen LogP) is 3.98. The van der Waals surface area contributed by atoms with E-state index in [1.165, 1.54) is 4.90 Å². The molecule has 0 unspecified atom stereocenters. The summed E-state index contributed by atoms with van der Waals surface area (Å²) in [4.78, 5) is 26.1. The van der Waals surface area contributed by atoms with E-state index in [2.05, 4.69) is 10.0 Å². The molecule has 8 nitrogen and oxygen atoms in total. The van der Waals surface area contributed by atoms with Crippen LogP contribution >= 0.6 is 0 Å². The third-order valence-electron chi connectivity index (χ3n) is 5.11. The first kappa shape index (κ1) is 24.3. The fraction of sp³-hybridized carbons (Fsp3) is 0.333. The van der Waals surface area contributed by atoms with Gasteiger partial charge in [-0.25, -0.2) is 18.1 Å². The number of amides is 3. The van der Waals surface area contributed by atoms with Crippen molar-refractivity contribution in [3.05, 3.63) is 53.1 Å². The monoisotopic (exact) mass is 471 g/mol. The van der Waals surface area contributed by atoms with Crippen LogP contribution < -0.4 is 19.7 Å². The maximum Gasteiger partial charge on any atom is 0.328 e. The van der Waals surface area contributed by atoms with Gasteiger partial charge in [0.15, 0.2) is 0 Å². The van der Waals surface area contributed by atoms with Crippen LogP contribution in [0.2, 0.25) is 0 Å². The molecule has 3 amide bonds. The number of carbonyl (C=O) groups is 2. The molecule has 33 heavy (non-hydrogen) atoms. The lowest BCUT2D eigenvalue weighted by Gasteiger charge is -2.29. The highest BCUT2D eigenvalue weighted by Crippen LogP contribution is 2.39. The van der Waals surface area contributed by atoms with Crippen molar-refractivity contribution in [2.24, 2.45) is 0 Å². The predicted molar refractivity (Wildman–Crippen MR) is 131 cm³/mol. The Balaban J connectivity index is 2.04. The second-order valence-electron chi connectivity index (χ2n) is 8.91. The van der Waals surface area contributed by atoms with Gasteiger partial charge in [0.2, 0.25) is 15.9 Å². The average molecular weight is 472 g/mol. The largest absolute Gasteiger partial charge is 0.496 e. The number of rotatable bonds is 6. The molecule has 1 aliphatic rings. The molecule has 0 bridgehead atoms. The fourth-order valence-corrected chi connectivity index (χ4v) is 4.14. The van der Waals surface area contributed by atoms with Crippen molar-refractivity contribution >= 4 is 45.5 Å². The normalized spacial score (nSPS) is 15.0. The van der Waals surface area contributed by atoms with Crippen molar-refractivity contribution in [3.8, 4) is 5.75 Å². The van der Waals surface area contributed by atoms with Crippen molar-refractivity contribution < 1.29 is 22.7 Å². The van der Waals surface area contributed by atoms with E-state index in [1.54, 1.807) is 37.4 Å². The summed E-state index contributed by atoms with van der Waals surface area (Å²) in [6.45, 7) is 6.43. The van der Waals surface area contributed by atoms with Crippen molar-refractivity contribution in [1.29, 1.82) is 0 Å². The molecule has 2 aromatic rings. The van der Waals surface area contributed by atoms with Crippen LogP contribution in [0.3, 0.4) is 0 Å². The molecule has 1 heterocycles. The lowest BCUT2D eigenvalue weighted by molar-refractivity contribution is -0.118. The molecule has 0 aromatic heterocycles. The molecule has 3 rings (SSSR count). The van der Waals surface area contributed by atoms with Crippen molar-refractivity contribution in [2.75, 3.05) is 29.5 Å². The number of hydrogen-bond acceptors (Lipinski definition) is 5. The van der Waals surface area contributed by atoms with Crippen LogP contribution in [0.4, 0.5) is 16.2 Å². The van der Waals surface area contributed by atoms with Crippen LogP contribution in [0.1, 0.15) is 43.9 Å². The van der Waals surface area contributed by atoms with Gasteiger partial charge < -0.3 is 10.1 Å². The third-order valence-corrected chi connectivity index (χ3v) is 5.72. The fourth-order valence-electron chi connectivity index (χ4n) is 3.58. The SMILES string of the molecule is COc1c(/C=C/c2ccc(NS(C)(=O)=O)cc2)cc(N2C(=O)CCNC2=O)cc1C(C)(C)C. The smallest absolute Gasteiger partial charge is 0.328 e. The summed E-state index contributed by atoms with van der Waals surface area (Å²) >= 11 is 0. The Morgan fingerprint density at radius 1 is 1.09 bits per heavy atom. The van der Waals surface area contributed by atoms with E-state index in [-0.39, 0.29) is 17.7 Å². The minimum absolute atomic E-state index is 0.238. The molecular weight excluding hydrogens is 442 g/mol. The number of nitrogens with one attached hydrogen (secondary N) is 2. The van der Waals surface area contributed by atoms with Crippen LogP contribution in [0.15, 0.2) is 36.4 Å². The van der Waals surface area contributed by atoms with Gasteiger partial charge in [0.05, 0.1) is 19.1 Å². The standard InChI is InChI=1S/C24H29N3O5S/c1-24(2,3)20-15-19(27-21(28)12-13-25-23(27)29)14-17(22(20)32-4)9-6-16-7-10-18(11-8-16)26-33(5,30)31/h6-11,14-15,26H,12-13H2,1-5H3,(H,25,29)/b9-6+. The highest BCUT2D eigenvalue weighted by atomic mass is 32.2. The summed E-state index contributed by atoms with van der Waals surface area (Å²) < 4.78 is 30.9. The first-order valence-electron chi connectivity index (χ1n) is 10.5. The Morgan fingerprint density at radius 2 is 1.76 bits per heavy atom. The first-order chi connectivity index (χ1) is 15.4. The Labute approximate surface area is 194 Å². The van der Waals surface area contributed by atoms with Gasteiger partial charge in [0, 0.05) is 29.8 Å². The van der Waals surface area contributed by atoms with Crippen molar-refractivity contribution in [2.45, 2.75) is 32.6 Å². The number of hydrogen-bond donors (Lipinski definition) is 2. The van der Waals surface area contributed by atoms with Crippen molar-refractivity contribution in [1.82, 2.24) is 5.32 Å². The van der Waals surface area contributed by atoms with Gasteiger partial charge in [-0.2, -0.15) is 0 Å². The lowest BCUT2D eigenvalue weighted by atomic mass is 9.84. The molecule has 176 valence electrons. The van der Waals surface area contributed by atoms with Crippen LogP contribution in [-0.4, -0.2) is 40.3 Å². The van der Waals surface area contributed by atoms with Gasteiger partial charge in [-0.05, 0) is 35.2 Å². The Bertz CT molecular complexity index is 1180. The van der Waals surface area contributed by atoms with E-state index < -0.39 is 16.1 Å². The molecule has 0 saturated carbocycles. The maximum atomic E-state index is 12.5. The van der Waals surface area contributed by atoms with Gasteiger partial charge in [-0.3, -0.25) is 9.52 Å². The summed E-state index contributed by atoms with van der Waals surface area (Å²) in [6, 6.07) is 10.0. The second-order valence-corrected chi connectivity index (χ2v) is 10.7. The van der Waals surface area contributed by atoms with Gasteiger partial charge in [0.25, 0.3) is 0 Å². The van der Waals surface area contributed by atoms with E-state index in [9.17, 15) is 18.0 Å². The number of methoxy groups -OCH3 is 1. The number of anilines is 2. The van der Waals surface area contributed by atoms with E-state index in [0.29, 0.717) is 29.2 Å². The second kappa shape index (κ2) is 9.27. The van der Waals surface area contributed by atoms with Gasteiger partial charge >= 0.3 is 6.03 Å². The van der Waals surface area contributed by atoms with E-state index in [1.807, 2.05) is 39.0 Å². The number of urea groups is 1. The third kappa shape index (κ3) is 5.92. The summed E-state index contributed by atoms with van der Waals surface area (Å²) in [7, 11) is -1.76. The summed E-state index contributed by atoms with van der Waals surface area (Å²) in [6.07, 6.45) is 5.04. The average Bonchev–Trinajstić information content (AvgIpc) is 2.71. The Kier molecular flexibility index (Phi) is 6.83. The molecule has 1 fully saturated rings. The highest BCUT2D eigenvalue weighted by Gasteiger charge is 2.30. The zero-order valence-corrected chi connectivity index (χ0v) is 20.2. The molecule has 2 aromatic carbocycles. The molecule has 2 N–H and O–H groups in total. The van der Waals surface area contributed by atoms with E-state index in [4.69, 9.17) is 4.74 Å². The Hall–Kier alpha value is -3.33. The number of nitrogens with zero attached hydrogens (tertiary/aromatic N) is 1. The van der Waals surface area contributed by atoms with Gasteiger partial charge in [0.1, 0.15) is 5.75 Å². The molecule has 9 heteroatoms. The number of imide groups is 1. The molecule has 0 atom stereocenters. The molecule has 0 radical (unpaired) electrons. The summed E-state index contributed by atoms with van der Waals surface area (Å²) in [5.41, 5.74) is 3.06. The van der Waals surface area contributed by atoms with E-state index in [0.717, 1.165) is 17.4 Å². The molecular formula is C24H29N3O5S. The van der Waals surface area contributed by atoms with E-state index >= 15 is 0 Å². The maximum absolute atomic E-state index is 12.5. The molecule has 0 spiro atoms. The number of sulfonamides is 1. The zero-order chi connectivity index (χ0) is 24.4. The molecule has 1 aliphatic heterocycles. The van der Waals surface area contributed by atoms with Crippen LogP contribution in [0.25, 0.3) is 12.2 Å². The summed E-state index contributed by atoms with van der Waals surface area (Å²) in [5, 5.41) is 2.71. The number of carbonyl (C=O) groups excluding carboxylic acids is 2. The highest BCUT2D eigenvalue weighted by molar-refractivity contribution is 7.92. The summed E-state index contributed by atoms with van der Waals surface area (Å²) in [5.74, 6) is 0.399. The first-order valence-corrected chi connectivity index (χ1v) is 12.4. The topological polar surface area (TPSA) is 105 Å². The van der Waals surface area contributed by atoms with Crippen LogP contribution in [0, 0.1) is 0 Å². The number of ether oxygens (including phenoxy) is 1. The lowest BCUT2D eigenvalue weighted by Crippen LogP contribution is -2.50.